The smallest absolute Gasteiger partial charge is 0.239 e. The average molecular weight is 252 g/mol. The Labute approximate surface area is 105 Å². The van der Waals surface area contributed by atoms with Gasteiger partial charge in [-0.25, -0.2) is 0 Å². The van der Waals surface area contributed by atoms with Crippen molar-refractivity contribution in [2.24, 2.45) is 5.73 Å². The molecule has 0 aliphatic carbocycles. The fourth-order valence-corrected chi connectivity index (χ4v) is 1.67. The van der Waals surface area contributed by atoms with Crippen LogP contribution in [-0.2, 0) is 4.79 Å². The van der Waals surface area contributed by atoms with E-state index in [2.05, 4.69) is 5.32 Å². The van der Waals surface area contributed by atoms with Gasteiger partial charge in [-0.1, -0.05) is 6.07 Å². The molecule has 0 saturated carbocycles. The Kier molecular flexibility index (Phi) is 3.69. The first-order chi connectivity index (χ1) is 8.61. The first-order valence-electron chi connectivity index (χ1n) is 5.68. The summed E-state index contributed by atoms with van der Waals surface area (Å²) in [6.07, 6.45) is 0. The molecule has 98 valence electrons. The zero-order chi connectivity index (χ0) is 13.1. The van der Waals surface area contributed by atoms with Crippen molar-refractivity contribution in [1.29, 1.82) is 0 Å². The lowest BCUT2D eigenvalue weighted by Crippen LogP contribution is -2.43. The molecule has 0 aromatic heterocycles. The number of hydrogen-bond donors (Lipinski definition) is 3. The Balaban J connectivity index is 2.05. The topological polar surface area (TPSA) is 93.8 Å². The van der Waals surface area contributed by atoms with Gasteiger partial charge in [0.2, 0.25) is 12.7 Å². The maximum atomic E-state index is 11.5. The summed E-state index contributed by atoms with van der Waals surface area (Å²) in [5, 5.41) is 11.5. The monoisotopic (exact) mass is 252 g/mol. The molecule has 6 nitrogen and oxygen atoms in total. The summed E-state index contributed by atoms with van der Waals surface area (Å²) < 4.78 is 10.5. The number of nitrogens with two attached hydrogens (primary N) is 1. The highest BCUT2D eigenvalue weighted by molar-refractivity contribution is 5.82. The van der Waals surface area contributed by atoms with E-state index in [1.165, 1.54) is 0 Å². The van der Waals surface area contributed by atoms with Gasteiger partial charge in [0, 0.05) is 0 Å². The van der Waals surface area contributed by atoms with Crippen LogP contribution in [0.3, 0.4) is 0 Å². The van der Waals surface area contributed by atoms with Crippen molar-refractivity contribution in [3.05, 3.63) is 23.8 Å². The van der Waals surface area contributed by atoms with E-state index >= 15 is 0 Å². The molecule has 0 bridgehead atoms. The molecule has 0 radical (unpaired) electrons. The van der Waals surface area contributed by atoms with Crippen LogP contribution in [-0.4, -0.2) is 30.5 Å². The van der Waals surface area contributed by atoms with Crippen LogP contribution in [0, 0.1) is 0 Å². The molecule has 0 spiro atoms. The molecule has 1 aliphatic rings. The third-order valence-corrected chi connectivity index (χ3v) is 2.79. The number of rotatable bonds is 4. The van der Waals surface area contributed by atoms with E-state index in [0.29, 0.717) is 11.5 Å². The summed E-state index contributed by atoms with van der Waals surface area (Å²) in [6.45, 7) is 1.67. The predicted molar refractivity (Wildman–Crippen MR) is 64.2 cm³/mol. The number of fused-ring (bicyclic) bond motifs is 1. The summed E-state index contributed by atoms with van der Waals surface area (Å²) in [5.74, 6) is 0.979. The van der Waals surface area contributed by atoms with Gasteiger partial charge in [-0.05, 0) is 24.6 Å². The maximum Gasteiger partial charge on any atom is 0.239 e. The van der Waals surface area contributed by atoms with E-state index in [1.54, 1.807) is 6.07 Å². The Morgan fingerprint density at radius 1 is 1.50 bits per heavy atom. The summed E-state index contributed by atoms with van der Waals surface area (Å²) in [7, 11) is 0. The number of hydrogen-bond acceptors (Lipinski definition) is 5. The summed E-state index contributed by atoms with van der Waals surface area (Å²) in [4.78, 5) is 11.5. The largest absolute Gasteiger partial charge is 0.454 e. The molecule has 0 saturated heterocycles. The molecule has 2 atom stereocenters. The summed E-state index contributed by atoms with van der Waals surface area (Å²) in [6, 6.07) is 4.35. The third kappa shape index (κ3) is 2.55. The molecule has 1 amide bonds. The van der Waals surface area contributed by atoms with E-state index in [9.17, 15) is 4.79 Å². The number of aliphatic hydroxyl groups excluding tert-OH is 1. The number of carbonyl (C=O) groups is 1. The zero-order valence-electron chi connectivity index (χ0n) is 10.1. The summed E-state index contributed by atoms with van der Waals surface area (Å²) in [5.41, 5.74) is 6.31. The number of amides is 1. The molecule has 6 heteroatoms. The fourth-order valence-electron chi connectivity index (χ4n) is 1.67. The normalized spacial score (nSPS) is 16.2. The quantitative estimate of drug-likeness (QED) is 0.696. The van der Waals surface area contributed by atoms with Crippen LogP contribution in [0.5, 0.6) is 11.5 Å². The zero-order valence-corrected chi connectivity index (χ0v) is 10.1. The molecule has 1 aliphatic heterocycles. The predicted octanol–water partition coefficient (Wildman–Crippen LogP) is -0.0879. The number of aliphatic hydroxyl groups is 1. The lowest BCUT2D eigenvalue weighted by atomic mass is 10.1. The number of carbonyl (C=O) groups excluding carboxylic acids is 1. The standard InChI is InChI=1S/C12H16N2O4/c1-7(14-12(16)9(13)5-15)8-2-3-10-11(4-8)18-6-17-10/h2-4,7,9,15H,5-6,13H2,1H3,(H,14,16)/t7-,9-/m1/s1. The van der Waals surface area contributed by atoms with Gasteiger partial charge in [-0.3, -0.25) is 4.79 Å². The Morgan fingerprint density at radius 2 is 2.22 bits per heavy atom. The molecule has 4 N–H and O–H groups in total. The highest BCUT2D eigenvalue weighted by Crippen LogP contribution is 2.34. The number of nitrogens with one attached hydrogen (secondary N) is 1. The Morgan fingerprint density at radius 3 is 2.94 bits per heavy atom. The van der Waals surface area contributed by atoms with Gasteiger partial charge in [0.1, 0.15) is 6.04 Å². The molecule has 1 aromatic carbocycles. The lowest BCUT2D eigenvalue weighted by Gasteiger charge is -2.17. The maximum absolute atomic E-state index is 11.5. The van der Waals surface area contributed by atoms with Crippen LogP contribution < -0.4 is 20.5 Å². The molecular formula is C12H16N2O4. The SMILES string of the molecule is C[C@@H](NC(=O)[C@H](N)CO)c1ccc2c(c1)OCO2. The number of benzene rings is 1. The molecular weight excluding hydrogens is 236 g/mol. The highest BCUT2D eigenvalue weighted by Gasteiger charge is 2.18. The van der Waals surface area contributed by atoms with Crippen LogP contribution in [0.4, 0.5) is 0 Å². The molecule has 0 fully saturated rings. The molecule has 2 rings (SSSR count). The van der Waals surface area contributed by atoms with Gasteiger partial charge in [-0.2, -0.15) is 0 Å². The van der Waals surface area contributed by atoms with E-state index in [1.807, 2.05) is 19.1 Å². The van der Waals surface area contributed by atoms with Crippen molar-refractivity contribution in [2.45, 2.75) is 19.0 Å². The minimum atomic E-state index is -0.901. The van der Waals surface area contributed by atoms with Gasteiger partial charge in [0.15, 0.2) is 11.5 Å². The van der Waals surface area contributed by atoms with E-state index in [4.69, 9.17) is 20.3 Å². The van der Waals surface area contributed by atoms with Crippen molar-refractivity contribution >= 4 is 5.91 Å². The van der Waals surface area contributed by atoms with Crippen molar-refractivity contribution in [3.8, 4) is 11.5 Å². The van der Waals surface area contributed by atoms with Crippen molar-refractivity contribution in [3.63, 3.8) is 0 Å². The molecule has 1 aromatic rings. The highest BCUT2D eigenvalue weighted by atomic mass is 16.7. The van der Waals surface area contributed by atoms with E-state index < -0.39 is 6.04 Å². The molecule has 0 unspecified atom stereocenters. The van der Waals surface area contributed by atoms with Crippen molar-refractivity contribution in [1.82, 2.24) is 5.32 Å². The van der Waals surface area contributed by atoms with Gasteiger partial charge >= 0.3 is 0 Å². The lowest BCUT2D eigenvalue weighted by molar-refractivity contribution is -0.123. The minimum absolute atomic E-state index is 0.217. The third-order valence-electron chi connectivity index (χ3n) is 2.79. The minimum Gasteiger partial charge on any atom is -0.454 e. The van der Waals surface area contributed by atoms with Crippen LogP contribution in [0.2, 0.25) is 0 Å². The number of ether oxygens (including phenoxy) is 2. The van der Waals surface area contributed by atoms with Gasteiger partial charge in [0.05, 0.1) is 12.6 Å². The van der Waals surface area contributed by atoms with Gasteiger partial charge < -0.3 is 25.6 Å². The van der Waals surface area contributed by atoms with Gasteiger partial charge in [0.25, 0.3) is 0 Å². The van der Waals surface area contributed by atoms with Crippen LogP contribution in [0.1, 0.15) is 18.5 Å². The van der Waals surface area contributed by atoms with Gasteiger partial charge in [-0.15, -0.1) is 0 Å². The first-order valence-corrected chi connectivity index (χ1v) is 5.68. The van der Waals surface area contributed by atoms with Crippen molar-refractivity contribution in [2.75, 3.05) is 13.4 Å². The van der Waals surface area contributed by atoms with Crippen LogP contribution in [0.25, 0.3) is 0 Å². The summed E-state index contributed by atoms with van der Waals surface area (Å²) >= 11 is 0. The van der Waals surface area contributed by atoms with Crippen molar-refractivity contribution < 1.29 is 19.4 Å². The molecule has 18 heavy (non-hydrogen) atoms. The van der Waals surface area contributed by atoms with E-state index in [0.717, 1.165) is 5.56 Å². The van der Waals surface area contributed by atoms with E-state index in [-0.39, 0.29) is 25.3 Å². The van der Waals surface area contributed by atoms with Crippen LogP contribution in [0.15, 0.2) is 18.2 Å². The second-order valence-electron chi connectivity index (χ2n) is 4.13. The first kappa shape index (κ1) is 12.7. The fraction of sp³-hybridized carbons (Fsp3) is 0.417. The van der Waals surface area contributed by atoms with Crippen LogP contribution >= 0.6 is 0 Å². The average Bonchev–Trinajstić information content (AvgIpc) is 2.84. The molecule has 1 heterocycles. The second kappa shape index (κ2) is 5.24. The Bertz CT molecular complexity index is 450. The Hall–Kier alpha value is -1.79. The second-order valence-corrected chi connectivity index (χ2v) is 4.13.